The minimum atomic E-state index is -4.90. The van der Waals surface area contributed by atoms with Gasteiger partial charge >= 0.3 is 5.97 Å². The number of carboxylic acids is 1. The van der Waals surface area contributed by atoms with E-state index < -0.39 is 84.3 Å². The highest BCUT2D eigenvalue weighted by atomic mass is 32.2. The average molecular weight is 720 g/mol. The lowest BCUT2D eigenvalue weighted by molar-refractivity contribution is 0.0683. The van der Waals surface area contributed by atoms with Crippen molar-refractivity contribution in [2.45, 2.75) is 11.3 Å². The summed E-state index contributed by atoms with van der Waals surface area (Å²) in [6.45, 7) is 0. The quantitative estimate of drug-likeness (QED) is 0.130. The summed E-state index contributed by atoms with van der Waals surface area (Å²) in [7, 11) is -4.90. The van der Waals surface area contributed by atoms with E-state index in [1.165, 1.54) is 24.3 Å². The molecule has 0 saturated heterocycles. The third-order valence-electron chi connectivity index (χ3n) is 8.01. The van der Waals surface area contributed by atoms with Gasteiger partial charge in [0.1, 0.15) is 11.4 Å². The number of hydrogen-bond acceptors (Lipinski definition) is 5. The molecule has 51 heavy (non-hydrogen) atoms. The van der Waals surface area contributed by atoms with Gasteiger partial charge in [0.25, 0.3) is 16.4 Å². The van der Waals surface area contributed by atoms with Gasteiger partial charge in [-0.2, -0.15) is 10.5 Å². The van der Waals surface area contributed by atoms with Crippen LogP contribution in [-0.4, -0.2) is 23.5 Å². The molecule has 1 aromatic heterocycles. The van der Waals surface area contributed by atoms with Crippen molar-refractivity contribution in [3.05, 3.63) is 136 Å². The van der Waals surface area contributed by atoms with Crippen molar-refractivity contribution in [2.24, 2.45) is 0 Å². The number of halogens is 7. The van der Waals surface area contributed by atoms with Crippen LogP contribution in [0.5, 0.6) is 0 Å². The van der Waals surface area contributed by atoms with Gasteiger partial charge in [0, 0.05) is 27.6 Å². The predicted molar refractivity (Wildman–Crippen MR) is 168 cm³/mol. The van der Waals surface area contributed by atoms with Crippen molar-refractivity contribution in [3.8, 4) is 45.6 Å². The van der Waals surface area contributed by atoms with Gasteiger partial charge in [-0.25, -0.2) is 47.9 Å². The van der Waals surface area contributed by atoms with Crippen LogP contribution in [0.15, 0.2) is 89.8 Å². The van der Waals surface area contributed by atoms with Crippen LogP contribution in [0.25, 0.3) is 44.4 Å². The second-order valence-corrected chi connectivity index (χ2v) is 12.7. The van der Waals surface area contributed by atoms with E-state index in [2.05, 4.69) is 0 Å². The van der Waals surface area contributed by atoms with E-state index in [0.29, 0.717) is 3.97 Å². The third kappa shape index (κ3) is 5.53. The molecule has 1 N–H and O–H groups in total. The molecule has 0 fully saturated rings. The van der Waals surface area contributed by atoms with E-state index in [1.807, 2.05) is 12.1 Å². The van der Waals surface area contributed by atoms with E-state index in [1.54, 1.807) is 0 Å². The van der Waals surface area contributed by atoms with Crippen LogP contribution in [-0.2, 0) is 10.0 Å². The first-order chi connectivity index (χ1) is 24.2. The van der Waals surface area contributed by atoms with Crippen molar-refractivity contribution >= 4 is 26.9 Å². The summed E-state index contributed by atoms with van der Waals surface area (Å²) < 4.78 is 132. The Morgan fingerprint density at radius 1 is 0.706 bits per heavy atom. The summed E-state index contributed by atoms with van der Waals surface area (Å²) in [4.78, 5) is 10.8. The zero-order chi connectivity index (χ0) is 36.9. The number of nitriles is 2. The first kappa shape index (κ1) is 34.4. The molecule has 254 valence electrons. The zero-order valence-corrected chi connectivity index (χ0v) is 26.0. The fourth-order valence-electron chi connectivity index (χ4n) is 5.79. The maximum atomic E-state index is 15.3. The highest BCUT2D eigenvalue weighted by Crippen LogP contribution is 2.46. The molecule has 0 atom stereocenters. The van der Waals surface area contributed by atoms with E-state index >= 15 is 8.78 Å². The number of nitrogens with zero attached hydrogens (tertiary/aromatic N) is 3. The molecule has 0 aliphatic rings. The molecule has 0 bridgehead atoms. The Hall–Kier alpha value is -6.45. The van der Waals surface area contributed by atoms with Gasteiger partial charge in [-0.3, -0.25) is 0 Å². The molecule has 0 saturated carbocycles. The second kappa shape index (κ2) is 12.8. The third-order valence-corrected chi connectivity index (χ3v) is 9.74. The van der Waals surface area contributed by atoms with Crippen LogP contribution in [0.4, 0.5) is 30.7 Å². The molecule has 1 heterocycles. The number of carboxylic acid groups (broad SMARTS) is 1. The number of rotatable bonds is 7. The monoisotopic (exact) mass is 719 g/mol. The highest BCUT2D eigenvalue weighted by Gasteiger charge is 2.33. The second-order valence-electron chi connectivity index (χ2n) is 10.9. The molecule has 0 radical (unpaired) electrons. The molecule has 0 unspecified atom stereocenters. The number of benzene rings is 5. The number of fused-ring (bicyclic) bond motifs is 1. The van der Waals surface area contributed by atoms with Gasteiger partial charge in [0.15, 0.2) is 23.3 Å². The Morgan fingerprint density at radius 2 is 1.27 bits per heavy atom. The standard InChI is InChI=1S/C36H16F7N3O4S/c37-22-9-12-25-24(14-22)28(26-20(15-44)5-2-6-21(26)16-45)34(46(25)51(49,50)23-10-7-17(8-11-23)35(42)43)19-4-1-3-18(13-19)27-30(38)32(40)29(36(47)48)33(41)31(27)39/h1-14,35H,(H,47,48). The first-order valence-corrected chi connectivity index (χ1v) is 15.8. The van der Waals surface area contributed by atoms with Gasteiger partial charge in [-0.1, -0.05) is 36.4 Å². The summed E-state index contributed by atoms with van der Waals surface area (Å²) in [6.07, 6.45) is -2.95. The van der Waals surface area contributed by atoms with Gasteiger partial charge in [-0.15, -0.1) is 0 Å². The number of carbonyl (C=O) groups is 1. The highest BCUT2D eigenvalue weighted by molar-refractivity contribution is 7.90. The first-order valence-electron chi connectivity index (χ1n) is 14.3. The van der Waals surface area contributed by atoms with Crippen molar-refractivity contribution < 1.29 is 49.1 Å². The van der Waals surface area contributed by atoms with Crippen LogP contribution in [0.2, 0.25) is 0 Å². The number of aromatic nitrogens is 1. The Balaban J connectivity index is 1.79. The van der Waals surface area contributed by atoms with E-state index in [-0.39, 0.29) is 38.7 Å². The fourth-order valence-corrected chi connectivity index (χ4v) is 7.34. The summed E-state index contributed by atoms with van der Waals surface area (Å²) in [6, 6.07) is 18.3. The van der Waals surface area contributed by atoms with E-state index in [9.17, 15) is 45.7 Å². The largest absolute Gasteiger partial charge is 0.477 e. The average Bonchev–Trinajstić information content (AvgIpc) is 3.45. The van der Waals surface area contributed by atoms with Crippen molar-refractivity contribution in [2.75, 3.05) is 0 Å². The van der Waals surface area contributed by atoms with E-state index in [0.717, 1.165) is 60.7 Å². The number of aromatic carboxylic acids is 1. The summed E-state index contributed by atoms with van der Waals surface area (Å²) >= 11 is 0. The van der Waals surface area contributed by atoms with Crippen molar-refractivity contribution in [1.29, 1.82) is 10.5 Å². The maximum absolute atomic E-state index is 15.3. The maximum Gasteiger partial charge on any atom is 0.341 e. The molecule has 6 rings (SSSR count). The van der Waals surface area contributed by atoms with Gasteiger partial charge in [0.05, 0.1) is 44.9 Å². The zero-order valence-electron chi connectivity index (χ0n) is 25.2. The summed E-state index contributed by atoms with van der Waals surface area (Å²) in [5.41, 5.74) is -6.10. The van der Waals surface area contributed by atoms with Gasteiger partial charge < -0.3 is 5.11 Å². The minimum absolute atomic E-state index is 0.178. The SMILES string of the molecule is N#Cc1cccc(C#N)c1-c1c(-c2cccc(-c3c(F)c(F)c(C(=O)O)c(F)c3F)c2)n(S(=O)(=O)c2ccc(C(F)F)cc2)c2ccc(F)cc12. The molecule has 6 aromatic rings. The minimum Gasteiger partial charge on any atom is -0.477 e. The van der Waals surface area contributed by atoms with Crippen LogP contribution in [0, 0.1) is 51.7 Å². The fraction of sp³-hybridized carbons (Fsp3) is 0.0278. The normalized spacial score (nSPS) is 11.5. The molecule has 0 spiro atoms. The van der Waals surface area contributed by atoms with E-state index in [4.69, 9.17) is 5.11 Å². The van der Waals surface area contributed by atoms with Crippen molar-refractivity contribution in [3.63, 3.8) is 0 Å². The molecule has 7 nitrogen and oxygen atoms in total. The Labute approximate surface area is 283 Å². The smallest absolute Gasteiger partial charge is 0.341 e. The lowest BCUT2D eigenvalue weighted by Gasteiger charge is -2.16. The molecule has 0 amide bonds. The van der Waals surface area contributed by atoms with Gasteiger partial charge in [0.2, 0.25) is 0 Å². The Bertz CT molecular complexity index is 2580. The van der Waals surface area contributed by atoms with Crippen molar-refractivity contribution in [1.82, 2.24) is 3.97 Å². The predicted octanol–water partition coefficient (Wildman–Crippen LogP) is 8.95. The molecule has 0 aliphatic heterocycles. The lowest BCUT2D eigenvalue weighted by atomic mass is 9.90. The Morgan fingerprint density at radius 3 is 1.82 bits per heavy atom. The molecular formula is C36H16F7N3O4S. The Kier molecular flexibility index (Phi) is 8.62. The summed E-state index contributed by atoms with van der Waals surface area (Å²) in [5.74, 6) is -11.8. The number of hydrogen-bond donors (Lipinski definition) is 1. The molecule has 5 aromatic carbocycles. The lowest BCUT2D eigenvalue weighted by Crippen LogP contribution is -2.15. The molecule has 15 heteroatoms. The van der Waals surface area contributed by atoms with Crippen LogP contribution in [0.3, 0.4) is 0 Å². The van der Waals surface area contributed by atoms with Crippen LogP contribution in [0.1, 0.15) is 33.5 Å². The van der Waals surface area contributed by atoms with Gasteiger partial charge in [-0.05, 0) is 54.1 Å². The van der Waals surface area contributed by atoms with Crippen LogP contribution < -0.4 is 0 Å². The summed E-state index contributed by atoms with van der Waals surface area (Å²) in [5, 5.41) is 29.1. The topological polar surface area (TPSA) is 124 Å². The molecule has 0 aliphatic carbocycles. The molecular weight excluding hydrogens is 703 g/mol. The number of alkyl halides is 2. The van der Waals surface area contributed by atoms with Crippen LogP contribution >= 0.6 is 0 Å².